The van der Waals surface area contributed by atoms with Gasteiger partial charge in [0.2, 0.25) is 0 Å². The Bertz CT molecular complexity index is 523. The first-order chi connectivity index (χ1) is 7.58. The van der Waals surface area contributed by atoms with Gasteiger partial charge in [-0.2, -0.15) is 5.10 Å². The van der Waals surface area contributed by atoms with Crippen LogP contribution in [0, 0.1) is 6.92 Å². The molecule has 0 bridgehead atoms. The highest BCUT2D eigenvalue weighted by Gasteiger charge is 2.05. The third-order valence-electron chi connectivity index (χ3n) is 2.45. The topological polar surface area (TPSA) is 60.9 Å². The Labute approximate surface area is 93.7 Å². The van der Waals surface area contributed by atoms with Gasteiger partial charge in [-0.3, -0.25) is 4.79 Å². The van der Waals surface area contributed by atoms with Crippen LogP contribution in [0.15, 0.2) is 30.5 Å². The Hall–Kier alpha value is -2.10. The van der Waals surface area contributed by atoms with Gasteiger partial charge in [0, 0.05) is 5.56 Å². The summed E-state index contributed by atoms with van der Waals surface area (Å²) < 4.78 is 1.68. The molecule has 0 spiro atoms. The monoisotopic (exact) mass is 215 g/mol. The number of nitrogens with two attached hydrogens (primary N) is 1. The van der Waals surface area contributed by atoms with Crippen LogP contribution < -0.4 is 5.73 Å². The van der Waals surface area contributed by atoms with E-state index in [4.69, 9.17) is 5.73 Å². The Morgan fingerprint density at radius 2 is 2.19 bits per heavy atom. The van der Waals surface area contributed by atoms with Gasteiger partial charge in [0.1, 0.15) is 0 Å². The molecule has 1 aromatic carbocycles. The zero-order chi connectivity index (χ0) is 11.7. The molecule has 0 radical (unpaired) electrons. The zero-order valence-corrected chi connectivity index (χ0v) is 9.27. The summed E-state index contributed by atoms with van der Waals surface area (Å²) in [4.78, 5) is 11.2. The molecular formula is C12H13N3O. The predicted octanol–water partition coefficient (Wildman–Crippen LogP) is 1.97. The molecule has 2 rings (SSSR count). The van der Waals surface area contributed by atoms with Gasteiger partial charge in [0.05, 0.1) is 23.3 Å². The van der Waals surface area contributed by atoms with Crippen molar-refractivity contribution < 1.29 is 4.79 Å². The van der Waals surface area contributed by atoms with Gasteiger partial charge in [0.25, 0.3) is 0 Å². The number of Topliss-reactive ketones (excluding diaryl/α,β-unsaturated/α-hetero) is 1. The summed E-state index contributed by atoms with van der Waals surface area (Å²) in [5, 5.41) is 4.26. The fourth-order valence-electron chi connectivity index (χ4n) is 1.47. The lowest BCUT2D eigenvalue weighted by Crippen LogP contribution is -1.98. The number of rotatable bonds is 2. The average molecular weight is 215 g/mol. The van der Waals surface area contributed by atoms with E-state index in [9.17, 15) is 4.79 Å². The molecule has 0 unspecified atom stereocenters. The van der Waals surface area contributed by atoms with Crippen LogP contribution in [0.5, 0.6) is 0 Å². The number of nitrogens with zero attached hydrogens (tertiary/aromatic N) is 2. The third kappa shape index (κ3) is 1.82. The molecule has 1 heterocycles. The van der Waals surface area contributed by atoms with Gasteiger partial charge >= 0.3 is 0 Å². The minimum absolute atomic E-state index is 0.0405. The maximum absolute atomic E-state index is 11.2. The second-order valence-corrected chi connectivity index (χ2v) is 3.72. The van der Waals surface area contributed by atoms with Gasteiger partial charge < -0.3 is 5.73 Å². The molecule has 1 aromatic heterocycles. The first kappa shape index (κ1) is 10.4. The van der Waals surface area contributed by atoms with Gasteiger partial charge in [0.15, 0.2) is 5.78 Å². The molecule has 0 saturated carbocycles. The number of benzene rings is 1. The standard InChI is InChI=1S/C12H13N3O/c1-8-12(13)7-15(14-8)11-5-3-4-10(6-11)9(2)16/h3-7H,13H2,1-2H3. The van der Waals surface area contributed by atoms with Crippen LogP contribution in [0.4, 0.5) is 5.69 Å². The summed E-state index contributed by atoms with van der Waals surface area (Å²) in [6.07, 6.45) is 1.74. The van der Waals surface area contributed by atoms with Crippen LogP contribution in [0.3, 0.4) is 0 Å². The molecular weight excluding hydrogens is 202 g/mol. The molecule has 2 aromatic rings. The average Bonchev–Trinajstić information content (AvgIpc) is 2.59. The smallest absolute Gasteiger partial charge is 0.159 e. The van der Waals surface area contributed by atoms with Crippen LogP contribution in [-0.4, -0.2) is 15.6 Å². The van der Waals surface area contributed by atoms with Crippen molar-refractivity contribution in [1.29, 1.82) is 0 Å². The number of carbonyl (C=O) groups is 1. The summed E-state index contributed by atoms with van der Waals surface area (Å²) in [5.41, 5.74) is 8.67. The lowest BCUT2D eigenvalue weighted by atomic mass is 10.1. The van der Waals surface area contributed by atoms with Gasteiger partial charge in [-0.05, 0) is 26.0 Å². The molecule has 0 saturated heterocycles. The zero-order valence-electron chi connectivity index (χ0n) is 9.27. The van der Waals surface area contributed by atoms with Crippen molar-refractivity contribution in [2.24, 2.45) is 0 Å². The van der Waals surface area contributed by atoms with E-state index in [-0.39, 0.29) is 5.78 Å². The number of anilines is 1. The van der Waals surface area contributed by atoms with E-state index in [1.165, 1.54) is 0 Å². The maximum atomic E-state index is 11.2. The highest BCUT2D eigenvalue weighted by Crippen LogP contribution is 2.14. The number of hydrogen-bond acceptors (Lipinski definition) is 3. The Kier molecular flexibility index (Phi) is 2.48. The molecule has 4 nitrogen and oxygen atoms in total. The third-order valence-corrected chi connectivity index (χ3v) is 2.45. The van der Waals surface area contributed by atoms with Crippen molar-refractivity contribution in [3.63, 3.8) is 0 Å². The lowest BCUT2D eigenvalue weighted by molar-refractivity contribution is 0.101. The molecule has 0 aliphatic carbocycles. The molecule has 0 fully saturated rings. The maximum Gasteiger partial charge on any atom is 0.159 e. The van der Waals surface area contributed by atoms with Gasteiger partial charge in [-0.25, -0.2) is 4.68 Å². The van der Waals surface area contributed by atoms with Crippen molar-refractivity contribution in [2.75, 3.05) is 5.73 Å². The van der Waals surface area contributed by atoms with Crippen molar-refractivity contribution in [1.82, 2.24) is 9.78 Å². The van der Waals surface area contributed by atoms with Crippen molar-refractivity contribution in [3.05, 3.63) is 41.7 Å². The van der Waals surface area contributed by atoms with E-state index >= 15 is 0 Å². The van der Waals surface area contributed by atoms with E-state index in [0.29, 0.717) is 11.3 Å². The summed E-state index contributed by atoms with van der Waals surface area (Å²) >= 11 is 0. The first-order valence-electron chi connectivity index (χ1n) is 5.01. The summed E-state index contributed by atoms with van der Waals surface area (Å²) in [6, 6.07) is 7.30. The quantitative estimate of drug-likeness (QED) is 0.779. The van der Waals surface area contributed by atoms with Crippen LogP contribution >= 0.6 is 0 Å². The Balaban J connectivity index is 2.48. The molecule has 16 heavy (non-hydrogen) atoms. The van der Waals surface area contributed by atoms with Crippen LogP contribution in [-0.2, 0) is 0 Å². The fourth-order valence-corrected chi connectivity index (χ4v) is 1.47. The molecule has 2 N–H and O–H groups in total. The van der Waals surface area contributed by atoms with E-state index in [2.05, 4.69) is 5.10 Å². The van der Waals surface area contributed by atoms with E-state index in [1.54, 1.807) is 29.9 Å². The second kappa shape index (κ2) is 3.81. The van der Waals surface area contributed by atoms with Gasteiger partial charge in [-0.1, -0.05) is 12.1 Å². The van der Waals surface area contributed by atoms with E-state index in [0.717, 1.165) is 11.4 Å². The van der Waals surface area contributed by atoms with Crippen LogP contribution in [0.2, 0.25) is 0 Å². The normalized spacial score (nSPS) is 10.4. The molecule has 82 valence electrons. The molecule has 0 aliphatic heterocycles. The highest BCUT2D eigenvalue weighted by molar-refractivity contribution is 5.94. The summed E-state index contributed by atoms with van der Waals surface area (Å²) in [5.74, 6) is 0.0405. The van der Waals surface area contributed by atoms with Crippen LogP contribution in [0.25, 0.3) is 5.69 Å². The number of aryl methyl sites for hydroxylation is 1. The number of ketones is 1. The highest BCUT2D eigenvalue weighted by atomic mass is 16.1. The second-order valence-electron chi connectivity index (χ2n) is 3.72. The summed E-state index contributed by atoms with van der Waals surface area (Å²) in [7, 11) is 0. The largest absolute Gasteiger partial charge is 0.396 e. The predicted molar refractivity (Wildman–Crippen MR) is 62.7 cm³/mol. The first-order valence-corrected chi connectivity index (χ1v) is 5.01. The van der Waals surface area contributed by atoms with Crippen molar-refractivity contribution >= 4 is 11.5 Å². The van der Waals surface area contributed by atoms with E-state index in [1.807, 2.05) is 19.1 Å². The SMILES string of the molecule is CC(=O)c1cccc(-n2cc(N)c(C)n2)c1. The molecule has 4 heteroatoms. The van der Waals surface area contributed by atoms with Crippen molar-refractivity contribution in [2.45, 2.75) is 13.8 Å². The lowest BCUT2D eigenvalue weighted by Gasteiger charge is -2.02. The Morgan fingerprint density at radius 1 is 1.44 bits per heavy atom. The molecule has 0 atom stereocenters. The molecule has 0 aliphatic rings. The summed E-state index contributed by atoms with van der Waals surface area (Å²) in [6.45, 7) is 3.39. The number of nitrogen functional groups attached to an aromatic ring is 1. The van der Waals surface area contributed by atoms with Crippen LogP contribution in [0.1, 0.15) is 23.0 Å². The van der Waals surface area contributed by atoms with E-state index < -0.39 is 0 Å². The molecule has 0 amide bonds. The minimum atomic E-state index is 0.0405. The number of carbonyl (C=O) groups excluding carboxylic acids is 1. The van der Waals surface area contributed by atoms with Crippen molar-refractivity contribution in [3.8, 4) is 5.69 Å². The fraction of sp³-hybridized carbons (Fsp3) is 0.167. The number of aromatic nitrogens is 2. The Morgan fingerprint density at radius 3 is 2.75 bits per heavy atom. The van der Waals surface area contributed by atoms with Gasteiger partial charge in [-0.15, -0.1) is 0 Å². The minimum Gasteiger partial charge on any atom is -0.396 e. The number of hydrogen-bond donors (Lipinski definition) is 1.